The smallest absolute Gasteiger partial charge is 0.414 e. The molecule has 2 N–H and O–H groups in total. The van der Waals surface area contributed by atoms with Crippen LogP contribution in [-0.4, -0.2) is 60.6 Å². The Labute approximate surface area is 191 Å². The van der Waals surface area contributed by atoms with Crippen molar-refractivity contribution in [3.8, 4) is 5.88 Å². The first kappa shape index (κ1) is 22.3. The van der Waals surface area contributed by atoms with Crippen molar-refractivity contribution in [2.45, 2.75) is 26.5 Å². The van der Waals surface area contributed by atoms with Gasteiger partial charge in [0.05, 0.1) is 6.54 Å². The Bertz CT molecular complexity index is 1300. The zero-order chi connectivity index (χ0) is 23.7. The van der Waals surface area contributed by atoms with Gasteiger partial charge in [0.2, 0.25) is 10.8 Å². The zero-order valence-corrected chi connectivity index (χ0v) is 18.4. The quantitative estimate of drug-likeness (QED) is 0.589. The van der Waals surface area contributed by atoms with Gasteiger partial charge in [-0.05, 0) is 12.5 Å². The predicted octanol–water partition coefficient (Wildman–Crippen LogP) is 2.30. The van der Waals surface area contributed by atoms with Crippen molar-refractivity contribution in [3.63, 3.8) is 0 Å². The van der Waals surface area contributed by atoms with Crippen LogP contribution in [0.5, 0.6) is 5.88 Å². The molecule has 0 saturated carbocycles. The van der Waals surface area contributed by atoms with Gasteiger partial charge in [0.25, 0.3) is 11.5 Å². The van der Waals surface area contributed by atoms with E-state index in [1.54, 1.807) is 0 Å². The number of aromatic hydroxyl groups is 1. The second kappa shape index (κ2) is 8.90. The van der Waals surface area contributed by atoms with Crippen molar-refractivity contribution < 1.29 is 29.3 Å². The average molecular weight is 472 g/mol. The molecule has 0 atom stereocenters. The number of amides is 3. The molecule has 0 aliphatic carbocycles. The minimum absolute atomic E-state index is 0.132. The predicted molar refractivity (Wildman–Crippen MR) is 116 cm³/mol. The maximum Gasteiger partial charge on any atom is 0.414 e. The molecule has 2 aromatic heterocycles. The van der Waals surface area contributed by atoms with Crippen LogP contribution in [0.3, 0.4) is 0 Å². The Hall–Kier alpha value is -3.93. The fraction of sp³-hybridized carbons (Fsp3) is 0.286. The number of rotatable bonds is 4. The van der Waals surface area contributed by atoms with Gasteiger partial charge < -0.3 is 19.8 Å². The van der Waals surface area contributed by atoms with E-state index in [9.17, 15) is 29.4 Å². The molecule has 12 heteroatoms. The average Bonchev–Trinajstić information content (AvgIpc) is 3.15. The topological polar surface area (TPSA) is 142 Å². The SMILES string of the molecule is CCN(C(=O)O)C(=O)c1c(O)nc2sc3c(n2c1=O)CCN(C(=O)OCc1ccccc1)C3. The van der Waals surface area contributed by atoms with E-state index in [0.717, 1.165) is 16.9 Å². The largest absolute Gasteiger partial charge is 0.492 e. The summed E-state index contributed by atoms with van der Waals surface area (Å²) < 4.78 is 6.58. The molecular weight excluding hydrogens is 452 g/mol. The summed E-state index contributed by atoms with van der Waals surface area (Å²) in [4.78, 5) is 56.2. The Balaban J connectivity index is 1.61. The molecule has 0 spiro atoms. The molecule has 33 heavy (non-hydrogen) atoms. The molecule has 3 heterocycles. The van der Waals surface area contributed by atoms with E-state index >= 15 is 0 Å². The van der Waals surface area contributed by atoms with Crippen LogP contribution in [0, 0.1) is 0 Å². The van der Waals surface area contributed by atoms with Crippen LogP contribution in [0.25, 0.3) is 4.96 Å². The summed E-state index contributed by atoms with van der Waals surface area (Å²) in [5, 5.41) is 19.4. The van der Waals surface area contributed by atoms with Gasteiger partial charge in [-0.15, -0.1) is 0 Å². The maximum atomic E-state index is 13.1. The number of carbonyl (C=O) groups is 3. The zero-order valence-electron chi connectivity index (χ0n) is 17.6. The van der Waals surface area contributed by atoms with E-state index in [2.05, 4.69) is 4.98 Å². The molecule has 4 rings (SSSR count). The highest BCUT2D eigenvalue weighted by Crippen LogP contribution is 2.29. The van der Waals surface area contributed by atoms with E-state index < -0.39 is 35.1 Å². The molecule has 0 fully saturated rings. The second-order valence-corrected chi connectivity index (χ2v) is 8.31. The first-order chi connectivity index (χ1) is 15.8. The summed E-state index contributed by atoms with van der Waals surface area (Å²) in [7, 11) is 0. The van der Waals surface area contributed by atoms with Gasteiger partial charge in [-0.1, -0.05) is 41.7 Å². The van der Waals surface area contributed by atoms with Gasteiger partial charge in [-0.25, -0.2) is 14.5 Å². The number of benzene rings is 1. The molecule has 11 nitrogen and oxygen atoms in total. The number of carboxylic acid groups (broad SMARTS) is 1. The maximum absolute atomic E-state index is 13.1. The first-order valence-corrected chi connectivity index (χ1v) is 10.9. The van der Waals surface area contributed by atoms with Gasteiger partial charge in [0, 0.05) is 30.1 Å². The summed E-state index contributed by atoms with van der Waals surface area (Å²) in [6, 6.07) is 9.26. The van der Waals surface area contributed by atoms with Crippen molar-refractivity contribution in [2.24, 2.45) is 0 Å². The summed E-state index contributed by atoms with van der Waals surface area (Å²) in [6.45, 7) is 1.82. The Kier molecular flexibility index (Phi) is 6.01. The molecule has 3 amide bonds. The number of nitrogens with zero attached hydrogens (tertiary/aromatic N) is 4. The van der Waals surface area contributed by atoms with Crippen LogP contribution in [-0.2, 0) is 24.3 Å². The molecule has 1 aromatic carbocycles. The molecule has 0 bridgehead atoms. The highest BCUT2D eigenvalue weighted by Gasteiger charge is 2.32. The van der Waals surface area contributed by atoms with Gasteiger partial charge in [0.1, 0.15) is 6.61 Å². The van der Waals surface area contributed by atoms with Gasteiger partial charge >= 0.3 is 12.2 Å². The third kappa shape index (κ3) is 4.12. The van der Waals surface area contributed by atoms with Gasteiger partial charge in [0.15, 0.2) is 5.56 Å². The summed E-state index contributed by atoms with van der Waals surface area (Å²) in [5.41, 5.74) is -0.134. The minimum Gasteiger partial charge on any atom is -0.492 e. The van der Waals surface area contributed by atoms with Crippen molar-refractivity contribution in [3.05, 3.63) is 62.4 Å². The van der Waals surface area contributed by atoms with Crippen molar-refractivity contribution in [1.29, 1.82) is 0 Å². The molecule has 3 aromatic rings. The van der Waals surface area contributed by atoms with Gasteiger partial charge in [-0.3, -0.25) is 14.0 Å². The lowest BCUT2D eigenvalue weighted by Gasteiger charge is -2.26. The fourth-order valence-electron chi connectivity index (χ4n) is 3.61. The molecule has 0 saturated heterocycles. The standard InChI is InChI=1S/C21H20N4O7S/c1-2-24(20(29)30)17(27)15-16(26)22-19-25(18(15)28)13-8-9-23(10-14(13)33-19)21(31)32-11-12-6-4-3-5-7-12/h3-7,26H,2,8-11H2,1H3,(H,29,30). The van der Waals surface area contributed by atoms with Crippen LogP contribution >= 0.6 is 11.3 Å². The number of hydrogen-bond acceptors (Lipinski definition) is 8. The minimum atomic E-state index is -1.54. The third-order valence-corrected chi connectivity index (χ3v) is 6.33. The Morgan fingerprint density at radius 1 is 1.24 bits per heavy atom. The number of aromatic nitrogens is 2. The second-order valence-electron chi connectivity index (χ2n) is 7.25. The van der Waals surface area contributed by atoms with E-state index in [1.165, 1.54) is 16.2 Å². The molecule has 0 unspecified atom stereocenters. The highest BCUT2D eigenvalue weighted by atomic mass is 32.1. The fourth-order valence-corrected chi connectivity index (χ4v) is 4.78. The number of fused-ring (bicyclic) bond motifs is 3. The monoisotopic (exact) mass is 472 g/mol. The van der Waals surface area contributed by atoms with Crippen LogP contribution < -0.4 is 5.56 Å². The lowest BCUT2D eigenvalue weighted by Crippen LogP contribution is -2.40. The van der Waals surface area contributed by atoms with Crippen molar-refractivity contribution >= 4 is 34.4 Å². The van der Waals surface area contributed by atoms with E-state index in [0.29, 0.717) is 21.9 Å². The normalized spacial score (nSPS) is 12.9. The summed E-state index contributed by atoms with van der Waals surface area (Å²) >= 11 is 1.11. The number of hydrogen-bond donors (Lipinski definition) is 2. The van der Waals surface area contributed by atoms with Gasteiger partial charge in [-0.2, -0.15) is 4.98 Å². The van der Waals surface area contributed by atoms with Crippen molar-refractivity contribution in [1.82, 2.24) is 19.2 Å². The summed E-state index contributed by atoms with van der Waals surface area (Å²) in [5.74, 6) is -1.97. The van der Waals surface area contributed by atoms with Crippen molar-refractivity contribution in [2.75, 3.05) is 13.1 Å². The molecule has 172 valence electrons. The molecule has 1 aliphatic rings. The third-order valence-electron chi connectivity index (χ3n) is 5.26. The highest BCUT2D eigenvalue weighted by molar-refractivity contribution is 7.17. The van der Waals surface area contributed by atoms with Crippen LogP contribution in [0.1, 0.15) is 33.4 Å². The molecule has 1 aliphatic heterocycles. The molecule has 0 radical (unpaired) electrons. The number of thiazole rings is 1. The molecular formula is C21H20N4O7S. The number of ether oxygens (including phenoxy) is 1. The Morgan fingerprint density at radius 3 is 2.64 bits per heavy atom. The first-order valence-electron chi connectivity index (χ1n) is 10.1. The number of imide groups is 1. The summed E-state index contributed by atoms with van der Waals surface area (Å²) in [6.07, 6.45) is -1.74. The van der Waals surface area contributed by atoms with E-state index in [4.69, 9.17) is 4.74 Å². The lowest BCUT2D eigenvalue weighted by molar-refractivity contribution is 0.0745. The van der Waals surface area contributed by atoms with Crippen LogP contribution in [0.2, 0.25) is 0 Å². The lowest BCUT2D eigenvalue weighted by atomic mass is 10.2. The van der Waals surface area contributed by atoms with Crippen LogP contribution in [0.15, 0.2) is 35.1 Å². The van der Waals surface area contributed by atoms with E-state index in [-0.39, 0.29) is 31.2 Å². The van der Waals surface area contributed by atoms with Crippen LogP contribution in [0.4, 0.5) is 9.59 Å². The number of carbonyl (C=O) groups excluding carboxylic acids is 2. The van der Waals surface area contributed by atoms with E-state index in [1.807, 2.05) is 30.3 Å². The Morgan fingerprint density at radius 2 is 1.97 bits per heavy atom.